The van der Waals surface area contributed by atoms with Gasteiger partial charge >= 0.3 is 0 Å². The summed E-state index contributed by atoms with van der Waals surface area (Å²) in [5.74, 6) is 0. The topological polar surface area (TPSA) is 40.9 Å². The number of aryl methyl sites for hydroxylation is 1. The maximum absolute atomic E-state index is 13.2. The van der Waals surface area contributed by atoms with Gasteiger partial charge in [-0.15, -0.1) is 0 Å². The molecule has 3 heteroatoms. The Hall–Kier alpha value is -2.70. The fourth-order valence-corrected chi connectivity index (χ4v) is 4.40. The van der Waals surface area contributed by atoms with E-state index >= 15 is 0 Å². The SMILES string of the molecule is Cc1ccc(S(=O)c2ccccc2[C@@](C)(C#N)Cc2ccccc2)cc1. The molecule has 0 N–H and O–H groups in total. The Kier molecular flexibility index (Phi) is 5.35. The van der Waals surface area contributed by atoms with Crippen LogP contribution in [0.1, 0.15) is 23.6 Å². The third-order valence-electron chi connectivity index (χ3n) is 4.56. The molecular formula is C23H21NOS. The van der Waals surface area contributed by atoms with Crippen LogP contribution in [0.15, 0.2) is 88.7 Å². The van der Waals surface area contributed by atoms with Crippen LogP contribution in [0.3, 0.4) is 0 Å². The number of nitrogens with zero attached hydrogens (tertiary/aromatic N) is 1. The van der Waals surface area contributed by atoms with Crippen LogP contribution in [0, 0.1) is 18.3 Å². The van der Waals surface area contributed by atoms with Gasteiger partial charge in [0.15, 0.2) is 0 Å². The maximum atomic E-state index is 13.2. The number of hydrogen-bond donors (Lipinski definition) is 0. The van der Waals surface area contributed by atoms with Gasteiger partial charge in [-0.1, -0.05) is 66.2 Å². The highest BCUT2D eigenvalue weighted by molar-refractivity contribution is 7.85. The first-order chi connectivity index (χ1) is 12.5. The molecule has 0 radical (unpaired) electrons. The third kappa shape index (κ3) is 3.76. The molecule has 0 spiro atoms. The van der Waals surface area contributed by atoms with E-state index in [9.17, 15) is 9.47 Å². The first-order valence-electron chi connectivity index (χ1n) is 8.57. The summed E-state index contributed by atoms with van der Waals surface area (Å²) in [6.45, 7) is 3.93. The van der Waals surface area contributed by atoms with Gasteiger partial charge in [-0.2, -0.15) is 5.26 Å². The summed E-state index contributed by atoms with van der Waals surface area (Å²) in [6, 6.07) is 27.7. The monoisotopic (exact) mass is 359 g/mol. The second-order valence-electron chi connectivity index (χ2n) is 6.68. The van der Waals surface area contributed by atoms with E-state index < -0.39 is 16.2 Å². The minimum Gasteiger partial charge on any atom is -0.249 e. The van der Waals surface area contributed by atoms with Crippen LogP contribution < -0.4 is 0 Å². The average molecular weight is 359 g/mol. The van der Waals surface area contributed by atoms with Crippen molar-refractivity contribution in [1.82, 2.24) is 0 Å². The predicted molar refractivity (Wildman–Crippen MR) is 105 cm³/mol. The number of rotatable bonds is 5. The van der Waals surface area contributed by atoms with Gasteiger partial charge in [0, 0.05) is 9.79 Å². The number of benzene rings is 3. The van der Waals surface area contributed by atoms with Gasteiger partial charge in [-0.05, 0) is 49.6 Å². The van der Waals surface area contributed by atoms with Gasteiger partial charge < -0.3 is 0 Å². The second-order valence-corrected chi connectivity index (χ2v) is 8.13. The molecule has 130 valence electrons. The molecule has 0 aliphatic carbocycles. The molecule has 1 unspecified atom stereocenters. The van der Waals surface area contributed by atoms with Crippen molar-refractivity contribution in [1.29, 1.82) is 5.26 Å². The lowest BCUT2D eigenvalue weighted by Crippen LogP contribution is -2.24. The Morgan fingerprint density at radius 3 is 2.19 bits per heavy atom. The van der Waals surface area contributed by atoms with E-state index in [0.717, 1.165) is 21.6 Å². The molecule has 0 fully saturated rings. The van der Waals surface area contributed by atoms with Crippen molar-refractivity contribution in [3.05, 3.63) is 95.6 Å². The molecule has 0 saturated heterocycles. The zero-order valence-electron chi connectivity index (χ0n) is 15.0. The lowest BCUT2D eigenvalue weighted by Gasteiger charge is -2.25. The summed E-state index contributed by atoms with van der Waals surface area (Å²) in [7, 11) is -1.32. The minimum absolute atomic E-state index is 0.576. The fourth-order valence-electron chi connectivity index (χ4n) is 3.07. The van der Waals surface area contributed by atoms with Crippen molar-refractivity contribution in [2.75, 3.05) is 0 Å². The molecule has 0 aliphatic heterocycles. The molecule has 0 amide bonds. The summed E-state index contributed by atoms with van der Waals surface area (Å²) < 4.78 is 13.2. The van der Waals surface area contributed by atoms with Gasteiger partial charge in [0.1, 0.15) is 0 Å². The summed E-state index contributed by atoms with van der Waals surface area (Å²) >= 11 is 0. The van der Waals surface area contributed by atoms with Crippen molar-refractivity contribution in [2.24, 2.45) is 0 Å². The molecule has 0 aromatic heterocycles. The fraction of sp³-hybridized carbons (Fsp3) is 0.174. The van der Waals surface area contributed by atoms with Crippen molar-refractivity contribution < 1.29 is 4.21 Å². The summed E-state index contributed by atoms with van der Waals surface area (Å²) in [6.07, 6.45) is 0.576. The number of nitriles is 1. The minimum atomic E-state index is -1.32. The molecule has 0 heterocycles. The van der Waals surface area contributed by atoms with E-state index in [1.54, 1.807) is 0 Å². The Labute approximate surface area is 157 Å². The van der Waals surface area contributed by atoms with Gasteiger partial charge in [0.25, 0.3) is 0 Å². The van der Waals surface area contributed by atoms with Crippen molar-refractivity contribution in [2.45, 2.75) is 35.5 Å². The smallest absolute Gasteiger partial charge is 0.0852 e. The highest BCUT2D eigenvalue weighted by Gasteiger charge is 2.31. The first-order valence-corrected chi connectivity index (χ1v) is 9.71. The molecule has 0 bridgehead atoms. The zero-order valence-corrected chi connectivity index (χ0v) is 15.8. The summed E-state index contributed by atoms with van der Waals surface area (Å²) in [5.41, 5.74) is 2.29. The third-order valence-corrected chi connectivity index (χ3v) is 6.02. The van der Waals surface area contributed by atoms with Crippen LogP contribution >= 0.6 is 0 Å². The molecular weight excluding hydrogens is 338 g/mol. The standard InChI is InChI=1S/C23H21NOS/c1-18-12-14-20(15-13-18)26(25)22-11-7-6-10-21(22)23(2,17-24)16-19-8-4-3-5-9-19/h3-15H,16H2,1-2H3/t23-,26?/m1/s1. The number of hydrogen-bond acceptors (Lipinski definition) is 2. The molecule has 26 heavy (non-hydrogen) atoms. The average Bonchev–Trinajstić information content (AvgIpc) is 2.69. The van der Waals surface area contributed by atoms with Crippen LogP contribution in [0.2, 0.25) is 0 Å². The van der Waals surface area contributed by atoms with Crippen molar-refractivity contribution in [3.8, 4) is 6.07 Å². The normalized spacial score (nSPS) is 14.2. The van der Waals surface area contributed by atoms with E-state index in [2.05, 4.69) is 6.07 Å². The maximum Gasteiger partial charge on any atom is 0.0852 e. The van der Waals surface area contributed by atoms with E-state index in [0.29, 0.717) is 11.3 Å². The Morgan fingerprint density at radius 1 is 0.923 bits per heavy atom. The van der Waals surface area contributed by atoms with Crippen LogP contribution in [0.5, 0.6) is 0 Å². The van der Waals surface area contributed by atoms with Gasteiger partial charge in [0.05, 0.1) is 22.3 Å². The first kappa shape index (κ1) is 18.1. The summed E-state index contributed by atoms with van der Waals surface area (Å²) in [5, 5.41) is 9.96. The van der Waals surface area contributed by atoms with Crippen LogP contribution in [0.25, 0.3) is 0 Å². The van der Waals surface area contributed by atoms with E-state index in [1.807, 2.05) is 92.7 Å². The lowest BCUT2D eigenvalue weighted by molar-refractivity contribution is 0.591. The highest BCUT2D eigenvalue weighted by Crippen LogP contribution is 2.33. The lowest BCUT2D eigenvalue weighted by atomic mass is 9.78. The largest absolute Gasteiger partial charge is 0.249 e. The van der Waals surface area contributed by atoms with E-state index in [4.69, 9.17) is 0 Å². The van der Waals surface area contributed by atoms with Gasteiger partial charge in [-0.3, -0.25) is 0 Å². The van der Waals surface area contributed by atoms with E-state index in [-0.39, 0.29) is 0 Å². The molecule has 2 atom stereocenters. The molecule has 3 aromatic rings. The molecule has 0 aliphatic rings. The molecule has 0 saturated carbocycles. The Morgan fingerprint density at radius 2 is 1.54 bits per heavy atom. The zero-order chi connectivity index (χ0) is 18.6. The second kappa shape index (κ2) is 7.68. The molecule has 3 aromatic carbocycles. The van der Waals surface area contributed by atoms with Gasteiger partial charge in [-0.25, -0.2) is 4.21 Å². The summed E-state index contributed by atoms with van der Waals surface area (Å²) in [4.78, 5) is 1.46. The van der Waals surface area contributed by atoms with Crippen molar-refractivity contribution >= 4 is 10.8 Å². The Balaban J connectivity index is 2.03. The highest BCUT2D eigenvalue weighted by atomic mass is 32.2. The Bertz CT molecular complexity index is 958. The van der Waals surface area contributed by atoms with E-state index in [1.165, 1.54) is 0 Å². The molecule has 3 rings (SSSR count). The molecule has 2 nitrogen and oxygen atoms in total. The quantitative estimate of drug-likeness (QED) is 0.629. The van der Waals surface area contributed by atoms with Crippen molar-refractivity contribution in [3.63, 3.8) is 0 Å². The van der Waals surface area contributed by atoms with Crippen LogP contribution in [-0.2, 0) is 22.6 Å². The van der Waals surface area contributed by atoms with Crippen LogP contribution in [0.4, 0.5) is 0 Å². The predicted octanol–water partition coefficient (Wildman–Crippen LogP) is 5.19. The van der Waals surface area contributed by atoms with Crippen LogP contribution in [-0.4, -0.2) is 4.21 Å². The van der Waals surface area contributed by atoms with Gasteiger partial charge in [0.2, 0.25) is 0 Å².